The number of rotatable bonds is 4. The van der Waals surface area contributed by atoms with Crippen LogP contribution in [0.3, 0.4) is 0 Å². The normalized spacial score (nSPS) is 19.2. The topological polar surface area (TPSA) is 23.6 Å². The monoisotopic (exact) mass is 264 g/mol. The Morgan fingerprint density at radius 2 is 2.21 bits per heavy atom. The molecule has 104 valence electrons. The van der Waals surface area contributed by atoms with Crippen molar-refractivity contribution in [1.29, 1.82) is 0 Å². The van der Waals surface area contributed by atoms with Crippen LogP contribution in [-0.4, -0.2) is 43.9 Å². The fourth-order valence-electron chi connectivity index (χ4n) is 2.80. The molecule has 2 rings (SSSR count). The van der Waals surface area contributed by atoms with E-state index in [1.165, 1.54) is 19.1 Å². The van der Waals surface area contributed by atoms with Gasteiger partial charge in [-0.05, 0) is 52.1 Å². The standard InChI is InChI=1S/C15H21FN2O/c1-11(19)14-9-12(16)6-7-15(14)18-8-4-5-13(18)10-17(2)3/h6-7,9,13H,4-5,8,10H2,1-3H3. The highest BCUT2D eigenvalue weighted by molar-refractivity contribution is 5.99. The minimum absolute atomic E-state index is 0.0787. The number of carbonyl (C=O) groups excluding carboxylic acids is 1. The van der Waals surface area contributed by atoms with Gasteiger partial charge in [0, 0.05) is 30.4 Å². The van der Waals surface area contributed by atoms with E-state index in [4.69, 9.17) is 0 Å². The van der Waals surface area contributed by atoms with Crippen molar-refractivity contribution < 1.29 is 9.18 Å². The third-order valence-electron chi connectivity index (χ3n) is 3.60. The fourth-order valence-corrected chi connectivity index (χ4v) is 2.80. The van der Waals surface area contributed by atoms with Crippen LogP contribution in [-0.2, 0) is 0 Å². The van der Waals surface area contributed by atoms with Crippen LogP contribution in [0, 0.1) is 5.82 Å². The van der Waals surface area contributed by atoms with Gasteiger partial charge in [-0.3, -0.25) is 4.79 Å². The fraction of sp³-hybridized carbons (Fsp3) is 0.533. The summed E-state index contributed by atoms with van der Waals surface area (Å²) in [6.45, 7) is 3.38. The molecule has 1 heterocycles. The molecule has 0 radical (unpaired) electrons. The maximum absolute atomic E-state index is 13.3. The lowest BCUT2D eigenvalue weighted by molar-refractivity contribution is 0.101. The van der Waals surface area contributed by atoms with Gasteiger partial charge in [0.15, 0.2) is 5.78 Å². The first-order valence-corrected chi connectivity index (χ1v) is 6.71. The van der Waals surface area contributed by atoms with E-state index in [-0.39, 0.29) is 11.6 Å². The van der Waals surface area contributed by atoms with Crippen LogP contribution in [0.2, 0.25) is 0 Å². The van der Waals surface area contributed by atoms with E-state index in [2.05, 4.69) is 9.80 Å². The zero-order valence-corrected chi connectivity index (χ0v) is 11.8. The smallest absolute Gasteiger partial charge is 0.161 e. The first-order chi connectivity index (χ1) is 8.99. The van der Waals surface area contributed by atoms with Gasteiger partial charge < -0.3 is 9.80 Å². The van der Waals surface area contributed by atoms with Gasteiger partial charge in [-0.25, -0.2) is 4.39 Å². The number of benzene rings is 1. The molecule has 1 saturated heterocycles. The van der Waals surface area contributed by atoms with Gasteiger partial charge in [-0.15, -0.1) is 0 Å². The second-order valence-corrected chi connectivity index (χ2v) is 5.47. The summed E-state index contributed by atoms with van der Waals surface area (Å²) in [5.41, 5.74) is 1.36. The number of ketones is 1. The number of likely N-dealkylation sites (N-methyl/N-ethyl adjacent to an activating group) is 1. The number of hydrogen-bond acceptors (Lipinski definition) is 3. The minimum atomic E-state index is -0.350. The quantitative estimate of drug-likeness (QED) is 0.781. The number of anilines is 1. The molecule has 0 bridgehead atoms. The Labute approximate surface area is 114 Å². The summed E-state index contributed by atoms with van der Waals surface area (Å²) in [6, 6.07) is 4.92. The lowest BCUT2D eigenvalue weighted by atomic mass is 10.1. The second kappa shape index (κ2) is 5.70. The number of Topliss-reactive ketones (excluding diaryl/α,β-unsaturated/α-hetero) is 1. The summed E-state index contributed by atoms with van der Waals surface area (Å²) in [5.74, 6) is -0.428. The molecular formula is C15H21FN2O. The molecule has 4 heteroatoms. The zero-order valence-electron chi connectivity index (χ0n) is 11.8. The summed E-state index contributed by atoms with van der Waals surface area (Å²) in [6.07, 6.45) is 2.24. The Balaban J connectivity index is 2.32. The SMILES string of the molecule is CC(=O)c1cc(F)ccc1N1CCCC1CN(C)C. The van der Waals surface area contributed by atoms with E-state index >= 15 is 0 Å². The number of halogens is 1. The van der Waals surface area contributed by atoms with Gasteiger partial charge in [0.1, 0.15) is 5.82 Å². The molecule has 1 aliphatic heterocycles. The van der Waals surface area contributed by atoms with Crippen molar-refractivity contribution in [3.63, 3.8) is 0 Å². The Morgan fingerprint density at radius 3 is 2.84 bits per heavy atom. The zero-order chi connectivity index (χ0) is 14.0. The Morgan fingerprint density at radius 1 is 1.47 bits per heavy atom. The van der Waals surface area contributed by atoms with Gasteiger partial charge in [-0.1, -0.05) is 0 Å². The summed E-state index contributed by atoms with van der Waals surface area (Å²) >= 11 is 0. The van der Waals surface area contributed by atoms with Gasteiger partial charge >= 0.3 is 0 Å². The van der Waals surface area contributed by atoms with E-state index in [9.17, 15) is 9.18 Å². The first-order valence-electron chi connectivity index (χ1n) is 6.71. The van der Waals surface area contributed by atoms with Crippen molar-refractivity contribution in [2.45, 2.75) is 25.8 Å². The molecule has 0 N–H and O–H groups in total. The van der Waals surface area contributed by atoms with E-state index in [0.717, 1.165) is 31.6 Å². The maximum Gasteiger partial charge on any atom is 0.161 e. The van der Waals surface area contributed by atoms with Crippen molar-refractivity contribution in [2.75, 3.05) is 32.1 Å². The highest BCUT2D eigenvalue weighted by Gasteiger charge is 2.27. The molecule has 19 heavy (non-hydrogen) atoms. The van der Waals surface area contributed by atoms with Crippen molar-refractivity contribution in [1.82, 2.24) is 4.90 Å². The van der Waals surface area contributed by atoms with Crippen molar-refractivity contribution in [2.24, 2.45) is 0 Å². The molecule has 0 amide bonds. The van der Waals surface area contributed by atoms with Crippen LogP contribution < -0.4 is 4.90 Å². The van der Waals surface area contributed by atoms with E-state index in [1.54, 1.807) is 6.07 Å². The molecule has 0 saturated carbocycles. The number of nitrogens with zero attached hydrogens (tertiary/aromatic N) is 2. The molecule has 1 aromatic carbocycles. The van der Waals surface area contributed by atoms with Crippen molar-refractivity contribution >= 4 is 11.5 Å². The lowest BCUT2D eigenvalue weighted by Crippen LogP contribution is -2.38. The van der Waals surface area contributed by atoms with Gasteiger partial charge in [0.2, 0.25) is 0 Å². The third kappa shape index (κ3) is 3.13. The predicted octanol–water partition coefficient (Wildman–Crippen LogP) is 2.56. The molecule has 0 spiro atoms. The van der Waals surface area contributed by atoms with E-state index in [0.29, 0.717) is 11.6 Å². The largest absolute Gasteiger partial charge is 0.367 e. The van der Waals surface area contributed by atoms with Crippen molar-refractivity contribution in [3.8, 4) is 0 Å². The summed E-state index contributed by atoms with van der Waals surface area (Å²) in [4.78, 5) is 16.1. The highest BCUT2D eigenvalue weighted by Crippen LogP contribution is 2.29. The Kier molecular flexibility index (Phi) is 4.20. The molecule has 1 aliphatic rings. The minimum Gasteiger partial charge on any atom is -0.367 e. The van der Waals surface area contributed by atoms with Gasteiger partial charge in [0.25, 0.3) is 0 Å². The predicted molar refractivity (Wildman–Crippen MR) is 75.3 cm³/mol. The number of carbonyl (C=O) groups is 1. The van der Waals surface area contributed by atoms with Crippen LogP contribution in [0.5, 0.6) is 0 Å². The molecule has 3 nitrogen and oxygen atoms in total. The highest BCUT2D eigenvalue weighted by atomic mass is 19.1. The molecule has 1 aromatic rings. The molecular weight excluding hydrogens is 243 g/mol. The van der Waals surface area contributed by atoms with E-state index < -0.39 is 0 Å². The van der Waals surface area contributed by atoms with Crippen LogP contribution in [0.25, 0.3) is 0 Å². The average molecular weight is 264 g/mol. The Bertz CT molecular complexity index is 473. The second-order valence-electron chi connectivity index (χ2n) is 5.47. The summed E-state index contributed by atoms with van der Waals surface area (Å²) < 4.78 is 13.3. The van der Waals surface area contributed by atoms with Gasteiger partial charge in [-0.2, -0.15) is 0 Å². The average Bonchev–Trinajstić information content (AvgIpc) is 2.76. The molecule has 1 atom stereocenters. The summed E-state index contributed by atoms with van der Waals surface area (Å²) in [7, 11) is 4.10. The van der Waals surface area contributed by atoms with Crippen molar-refractivity contribution in [3.05, 3.63) is 29.6 Å². The van der Waals surface area contributed by atoms with Gasteiger partial charge in [0.05, 0.1) is 0 Å². The lowest BCUT2D eigenvalue weighted by Gasteiger charge is -2.30. The first kappa shape index (κ1) is 14.0. The van der Waals surface area contributed by atoms with Crippen LogP contribution in [0.1, 0.15) is 30.1 Å². The molecule has 1 unspecified atom stereocenters. The van der Waals surface area contributed by atoms with Crippen LogP contribution in [0.4, 0.5) is 10.1 Å². The molecule has 0 aromatic heterocycles. The van der Waals surface area contributed by atoms with Crippen LogP contribution in [0.15, 0.2) is 18.2 Å². The van der Waals surface area contributed by atoms with E-state index in [1.807, 2.05) is 14.1 Å². The molecule has 1 fully saturated rings. The molecule has 0 aliphatic carbocycles. The third-order valence-corrected chi connectivity index (χ3v) is 3.60. The summed E-state index contributed by atoms with van der Waals surface area (Å²) in [5, 5.41) is 0. The Hall–Kier alpha value is -1.42. The number of hydrogen-bond donors (Lipinski definition) is 0. The maximum atomic E-state index is 13.3. The van der Waals surface area contributed by atoms with Crippen LogP contribution >= 0.6 is 0 Å².